The molecule has 1 aliphatic heterocycles. The number of rotatable bonds is 5. The van der Waals surface area contributed by atoms with Gasteiger partial charge in [0.2, 0.25) is 0 Å². The maximum atomic E-state index is 11.9. The number of hydrogen-bond donors (Lipinski definition) is 1. The van der Waals surface area contributed by atoms with Crippen molar-refractivity contribution in [1.29, 1.82) is 0 Å². The van der Waals surface area contributed by atoms with Crippen LogP contribution < -0.4 is 10.1 Å². The largest absolute Gasteiger partial charge is 0.494 e. The molecule has 7 heteroatoms. The van der Waals surface area contributed by atoms with Crippen LogP contribution >= 0.6 is 15.9 Å². The van der Waals surface area contributed by atoms with Crippen molar-refractivity contribution >= 4 is 25.8 Å². The van der Waals surface area contributed by atoms with Gasteiger partial charge in [-0.1, -0.05) is 0 Å². The molecule has 5 nitrogen and oxygen atoms in total. The van der Waals surface area contributed by atoms with Crippen molar-refractivity contribution in [2.45, 2.75) is 11.3 Å². The number of nitrogens with zero attached hydrogens (tertiary/aromatic N) is 1. The van der Waals surface area contributed by atoms with Gasteiger partial charge in [-0.05, 0) is 40.0 Å². The number of benzene rings is 1. The van der Waals surface area contributed by atoms with Gasteiger partial charge < -0.3 is 15.0 Å². The molecule has 1 heterocycles. The summed E-state index contributed by atoms with van der Waals surface area (Å²) in [5, 5.41) is 3.32. The standard InChI is InChI=1S/C14H21BrN2O3S/c1-20-14-12(15)9-11(10-13(14)21(2,18)19)3-6-17-7-4-16-5-8-17/h9-10,16H,3-8H2,1-2H3. The van der Waals surface area contributed by atoms with Crippen LogP contribution in [0.4, 0.5) is 0 Å². The maximum absolute atomic E-state index is 11.9. The zero-order valence-electron chi connectivity index (χ0n) is 12.4. The molecule has 1 N–H and O–H groups in total. The lowest BCUT2D eigenvalue weighted by atomic mass is 10.1. The molecule has 2 rings (SSSR count). The van der Waals surface area contributed by atoms with Gasteiger partial charge in [0.1, 0.15) is 4.90 Å². The minimum atomic E-state index is -3.31. The van der Waals surface area contributed by atoms with E-state index >= 15 is 0 Å². The van der Waals surface area contributed by atoms with Crippen LogP contribution in [0.5, 0.6) is 5.75 Å². The molecule has 1 saturated heterocycles. The Morgan fingerprint density at radius 2 is 2.00 bits per heavy atom. The minimum absolute atomic E-state index is 0.245. The Morgan fingerprint density at radius 3 is 2.57 bits per heavy atom. The molecule has 118 valence electrons. The fraction of sp³-hybridized carbons (Fsp3) is 0.571. The van der Waals surface area contributed by atoms with Gasteiger partial charge in [-0.25, -0.2) is 8.42 Å². The normalized spacial score (nSPS) is 16.9. The van der Waals surface area contributed by atoms with Crippen molar-refractivity contribution in [3.05, 3.63) is 22.2 Å². The summed E-state index contributed by atoms with van der Waals surface area (Å²) in [5.41, 5.74) is 1.00. The van der Waals surface area contributed by atoms with Gasteiger partial charge in [0.15, 0.2) is 15.6 Å². The molecule has 1 aliphatic rings. The molecule has 1 aromatic rings. The second-order valence-corrected chi connectivity index (χ2v) is 8.06. The molecule has 1 fully saturated rings. The highest BCUT2D eigenvalue weighted by Gasteiger charge is 2.19. The van der Waals surface area contributed by atoms with Crippen molar-refractivity contribution < 1.29 is 13.2 Å². The van der Waals surface area contributed by atoms with Gasteiger partial charge in [0.05, 0.1) is 11.6 Å². The Kier molecular flexibility index (Phi) is 5.65. The molecular formula is C14H21BrN2O3S. The average molecular weight is 377 g/mol. The summed E-state index contributed by atoms with van der Waals surface area (Å²) in [5.74, 6) is 0.378. The summed E-state index contributed by atoms with van der Waals surface area (Å²) in [6, 6.07) is 3.66. The van der Waals surface area contributed by atoms with E-state index in [1.807, 2.05) is 6.07 Å². The SMILES string of the molecule is COc1c(Br)cc(CCN2CCNCC2)cc1S(C)(=O)=O. The minimum Gasteiger partial charge on any atom is -0.494 e. The van der Waals surface area contributed by atoms with Crippen molar-refractivity contribution in [3.63, 3.8) is 0 Å². The van der Waals surface area contributed by atoms with Crippen LogP contribution in [0.25, 0.3) is 0 Å². The topological polar surface area (TPSA) is 58.6 Å². The van der Waals surface area contributed by atoms with Crippen LogP contribution in [0.3, 0.4) is 0 Å². The molecule has 0 amide bonds. The number of sulfone groups is 1. The summed E-state index contributed by atoms with van der Waals surface area (Å²) in [6.45, 7) is 5.04. The highest BCUT2D eigenvalue weighted by atomic mass is 79.9. The van der Waals surface area contributed by atoms with Gasteiger partial charge in [-0.2, -0.15) is 0 Å². The number of methoxy groups -OCH3 is 1. The third-order valence-corrected chi connectivity index (χ3v) is 5.29. The lowest BCUT2D eigenvalue weighted by molar-refractivity contribution is 0.244. The van der Waals surface area contributed by atoms with E-state index in [0.29, 0.717) is 10.2 Å². The molecule has 0 saturated carbocycles. The number of piperazine rings is 1. The van der Waals surface area contributed by atoms with Crippen molar-refractivity contribution in [2.24, 2.45) is 0 Å². The molecule has 1 aromatic carbocycles. The monoisotopic (exact) mass is 376 g/mol. The Labute approximate surface area is 134 Å². The third-order valence-electron chi connectivity index (χ3n) is 3.60. The van der Waals surface area contributed by atoms with E-state index in [2.05, 4.69) is 26.1 Å². The number of nitrogens with one attached hydrogen (secondary N) is 1. The zero-order valence-corrected chi connectivity index (χ0v) is 14.8. The maximum Gasteiger partial charge on any atom is 0.179 e. The van der Waals surface area contributed by atoms with Crippen molar-refractivity contribution in [3.8, 4) is 5.75 Å². The third kappa shape index (κ3) is 4.42. The van der Waals surface area contributed by atoms with Gasteiger partial charge in [0.25, 0.3) is 0 Å². The molecule has 0 atom stereocenters. The van der Waals surface area contributed by atoms with Crippen LogP contribution in [-0.2, 0) is 16.3 Å². The molecule has 21 heavy (non-hydrogen) atoms. The van der Waals surface area contributed by atoms with E-state index in [9.17, 15) is 8.42 Å². The summed E-state index contributed by atoms with van der Waals surface area (Å²) >= 11 is 3.40. The van der Waals surface area contributed by atoms with E-state index < -0.39 is 9.84 Å². The molecule has 0 bridgehead atoms. The van der Waals surface area contributed by atoms with E-state index in [0.717, 1.165) is 44.7 Å². The quantitative estimate of drug-likeness (QED) is 0.839. The van der Waals surface area contributed by atoms with Crippen LogP contribution in [-0.4, -0.2) is 59.4 Å². The zero-order chi connectivity index (χ0) is 15.5. The molecule has 0 unspecified atom stereocenters. The molecular weight excluding hydrogens is 356 g/mol. The second-order valence-electron chi connectivity index (χ2n) is 5.22. The first-order chi connectivity index (χ1) is 9.91. The van der Waals surface area contributed by atoms with Gasteiger partial charge >= 0.3 is 0 Å². The van der Waals surface area contributed by atoms with E-state index in [1.165, 1.54) is 13.4 Å². The Morgan fingerprint density at radius 1 is 1.33 bits per heavy atom. The van der Waals surface area contributed by atoms with Crippen LogP contribution in [0, 0.1) is 0 Å². The van der Waals surface area contributed by atoms with E-state index in [-0.39, 0.29) is 4.90 Å². The predicted molar refractivity (Wildman–Crippen MR) is 86.8 cm³/mol. The Bertz CT molecular complexity index is 598. The Balaban J connectivity index is 2.18. The molecule has 0 spiro atoms. The highest BCUT2D eigenvalue weighted by Crippen LogP contribution is 2.33. The number of hydrogen-bond acceptors (Lipinski definition) is 5. The summed E-state index contributed by atoms with van der Waals surface area (Å²) in [4.78, 5) is 2.63. The highest BCUT2D eigenvalue weighted by molar-refractivity contribution is 9.10. The van der Waals surface area contributed by atoms with Crippen LogP contribution in [0.2, 0.25) is 0 Å². The van der Waals surface area contributed by atoms with Gasteiger partial charge in [-0.3, -0.25) is 0 Å². The summed E-state index contributed by atoms with van der Waals surface area (Å²) in [7, 11) is -1.83. The first kappa shape index (κ1) is 16.7. The summed E-state index contributed by atoms with van der Waals surface area (Å²) < 4.78 is 29.7. The second kappa shape index (κ2) is 7.09. The first-order valence-electron chi connectivity index (χ1n) is 6.91. The Hall–Kier alpha value is -0.630. The first-order valence-corrected chi connectivity index (χ1v) is 9.60. The van der Waals surface area contributed by atoms with Gasteiger partial charge in [-0.15, -0.1) is 0 Å². The predicted octanol–water partition coefficient (Wildman–Crippen LogP) is 1.31. The van der Waals surface area contributed by atoms with Crippen LogP contribution in [0.15, 0.2) is 21.5 Å². The molecule has 0 aromatic heterocycles. The lowest BCUT2D eigenvalue weighted by Gasteiger charge is -2.27. The van der Waals surface area contributed by atoms with Crippen LogP contribution in [0.1, 0.15) is 5.56 Å². The smallest absolute Gasteiger partial charge is 0.179 e. The fourth-order valence-corrected chi connectivity index (χ4v) is 4.16. The lowest BCUT2D eigenvalue weighted by Crippen LogP contribution is -2.44. The average Bonchev–Trinajstić information content (AvgIpc) is 2.44. The van der Waals surface area contributed by atoms with Crippen molar-refractivity contribution in [2.75, 3.05) is 46.1 Å². The number of halogens is 1. The fourth-order valence-electron chi connectivity index (χ4n) is 2.46. The molecule has 0 radical (unpaired) electrons. The van der Waals surface area contributed by atoms with E-state index in [4.69, 9.17) is 4.74 Å². The van der Waals surface area contributed by atoms with E-state index in [1.54, 1.807) is 6.07 Å². The summed E-state index contributed by atoms with van der Waals surface area (Å²) in [6.07, 6.45) is 2.03. The number of ether oxygens (including phenoxy) is 1. The van der Waals surface area contributed by atoms with Crippen molar-refractivity contribution in [1.82, 2.24) is 10.2 Å². The molecule has 0 aliphatic carbocycles. The van der Waals surface area contributed by atoms with Gasteiger partial charge in [0, 0.05) is 39.0 Å².